The quantitative estimate of drug-likeness (QED) is 0.868. The van der Waals surface area contributed by atoms with E-state index in [1.165, 1.54) is 0 Å². The van der Waals surface area contributed by atoms with Crippen LogP contribution in [0.4, 0.5) is 5.82 Å². The van der Waals surface area contributed by atoms with E-state index in [2.05, 4.69) is 10.3 Å². The first kappa shape index (κ1) is 16.4. The predicted octanol–water partition coefficient (Wildman–Crippen LogP) is 1.90. The lowest BCUT2D eigenvalue weighted by Gasteiger charge is -2.35. The Labute approximate surface area is 130 Å². The summed E-state index contributed by atoms with van der Waals surface area (Å²) in [4.78, 5) is 29.7. The number of piperidine rings is 1. The summed E-state index contributed by atoms with van der Waals surface area (Å²) in [7, 11) is 0. The molecule has 1 fully saturated rings. The molecular formula is C16H23N3O3. The van der Waals surface area contributed by atoms with Crippen LogP contribution >= 0.6 is 0 Å². The average molecular weight is 305 g/mol. The van der Waals surface area contributed by atoms with Gasteiger partial charge in [0.05, 0.1) is 5.92 Å². The molecule has 0 aliphatic carbocycles. The molecule has 2 heterocycles. The Bertz CT molecular complexity index is 530. The summed E-state index contributed by atoms with van der Waals surface area (Å²) in [5.74, 6) is -0.548. The van der Waals surface area contributed by atoms with Crippen molar-refractivity contribution in [2.45, 2.75) is 39.2 Å². The van der Waals surface area contributed by atoms with E-state index in [1.54, 1.807) is 12.3 Å². The van der Waals surface area contributed by atoms with E-state index in [-0.39, 0.29) is 11.8 Å². The van der Waals surface area contributed by atoms with Gasteiger partial charge in [0.25, 0.3) is 0 Å². The Morgan fingerprint density at radius 3 is 2.86 bits per heavy atom. The van der Waals surface area contributed by atoms with Crippen molar-refractivity contribution in [1.82, 2.24) is 9.88 Å². The van der Waals surface area contributed by atoms with Crippen LogP contribution in [-0.4, -0.2) is 46.0 Å². The number of aryl methyl sites for hydroxylation is 1. The molecule has 1 aliphatic heterocycles. The summed E-state index contributed by atoms with van der Waals surface area (Å²) in [5.41, 5.74) is 1.04. The molecule has 0 radical (unpaired) electrons. The highest BCUT2D eigenvalue weighted by atomic mass is 16.4. The van der Waals surface area contributed by atoms with Crippen LogP contribution in [-0.2, 0) is 9.59 Å². The Hall–Kier alpha value is -1.95. The standard InChI is InChI=1S/C16H23N3O3/c1-3-13(16(21)22)19-8-4-5-12(10-19)15(20)18-14-7-6-11(2)9-17-14/h6-7,9,12-13H,3-5,8,10H2,1-2H3,(H,21,22)(H,17,18,20)/t12-,13-/m0/s1. The fraction of sp³-hybridized carbons (Fsp3) is 0.562. The molecule has 2 atom stereocenters. The molecule has 2 rings (SSSR count). The molecule has 1 aromatic heterocycles. The molecule has 2 N–H and O–H groups in total. The number of nitrogens with zero attached hydrogens (tertiary/aromatic N) is 2. The zero-order valence-corrected chi connectivity index (χ0v) is 13.1. The van der Waals surface area contributed by atoms with Gasteiger partial charge in [-0.15, -0.1) is 0 Å². The van der Waals surface area contributed by atoms with Crippen LogP contribution in [0.15, 0.2) is 18.3 Å². The molecular weight excluding hydrogens is 282 g/mol. The third kappa shape index (κ3) is 4.04. The Balaban J connectivity index is 1.97. The first-order chi connectivity index (χ1) is 10.5. The van der Waals surface area contributed by atoms with Gasteiger partial charge in [-0.1, -0.05) is 13.0 Å². The molecule has 0 bridgehead atoms. The van der Waals surface area contributed by atoms with Crippen LogP contribution in [0.1, 0.15) is 31.7 Å². The third-order valence-electron chi connectivity index (χ3n) is 4.10. The highest BCUT2D eigenvalue weighted by Crippen LogP contribution is 2.21. The molecule has 6 heteroatoms. The van der Waals surface area contributed by atoms with Gasteiger partial charge >= 0.3 is 5.97 Å². The van der Waals surface area contributed by atoms with Gasteiger partial charge in [0.15, 0.2) is 0 Å². The maximum absolute atomic E-state index is 12.4. The minimum absolute atomic E-state index is 0.0821. The van der Waals surface area contributed by atoms with Crippen molar-refractivity contribution < 1.29 is 14.7 Å². The second-order valence-corrected chi connectivity index (χ2v) is 5.81. The van der Waals surface area contributed by atoms with Crippen LogP contribution in [0.3, 0.4) is 0 Å². The van der Waals surface area contributed by atoms with E-state index in [4.69, 9.17) is 0 Å². The lowest BCUT2D eigenvalue weighted by atomic mass is 9.95. The van der Waals surface area contributed by atoms with E-state index < -0.39 is 12.0 Å². The maximum Gasteiger partial charge on any atom is 0.320 e. The van der Waals surface area contributed by atoms with Gasteiger partial charge in [0, 0.05) is 12.7 Å². The highest BCUT2D eigenvalue weighted by Gasteiger charge is 2.32. The van der Waals surface area contributed by atoms with E-state index in [1.807, 2.05) is 24.8 Å². The molecule has 0 spiro atoms. The maximum atomic E-state index is 12.4. The smallest absolute Gasteiger partial charge is 0.320 e. The number of amides is 1. The van der Waals surface area contributed by atoms with Gasteiger partial charge in [0.1, 0.15) is 11.9 Å². The minimum Gasteiger partial charge on any atom is -0.480 e. The molecule has 1 aromatic rings. The Kier molecular flexibility index (Phi) is 5.49. The SMILES string of the molecule is CC[C@@H](C(=O)O)N1CCC[C@H](C(=O)Nc2ccc(C)cn2)C1. The molecule has 1 aliphatic rings. The monoisotopic (exact) mass is 305 g/mol. The summed E-state index contributed by atoms with van der Waals surface area (Å²) in [6.07, 6.45) is 3.87. The van der Waals surface area contributed by atoms with Gasteiger partial charge in [-0.05, 0) is 44.4 Å². The number of rotatable bonds is 5. The zero-order chi connectivity index (χ0) is 16.1. The lowest BCUT2D eigenvalue weighted by molar-refractivity contribution is -0.145. The number of carbonyl (C=O) groups excluding carboxylic acids is 1. The van der Waals surface area contributed by atoms with Crippen LogP contribution in [0.5, 0.6) is 0 Å². The van der Waals surface area contributed by atoms with Crippen LogP contribution in [0.25, 0.3) is 0 Å². The number of aromatic nitrogens is 1. The molecule has 120 valence electrons. The van der Waals surface area contributed by atoms with Gasteiger partial charge in [-0.2, -0.15) is 0 Å². The fourth-order valence-corrected chi connectivity index (χ4v) is 2.86. The van der Waals surface area contributed by atoms with Crippen molar-refractivity contribution in [3.8, 4) is 0 Å². The van der Waals surface area contributed by atoms with Crippen LogP contribution in [0.2, 0.25) is 0 Å². The van der Waals surface area contributed by atoms with Crippen molar-refractivity contribution in [3.63, 3.8) is 0 Å². The number of carbonyl (C=O) groups is 2. The number of hydrogen-bond donors (Lipinski definition) is 2. The Morgan fingerprint density at radius 2 is 2.27 bits per heavy atom. The number of pyridine rings is 1. The Morgan fingerprint density at radius 1 is 1.50 bits per heavy atom. The number of carboxylic acids is 1. The summed E-state index contributed by atoms with van der Waals surface area (Å²) in [6, 6.07) is 3.17. The summed E-state index contributed by atoms with van der Waals surface area (Å²) in [5, 5.41) is 12.1. The highest BCUT2D eigenvalue weighted by molar-refractivity contribution is 5.92. The lowest BCUT2D eigenvalue weighted by Crippen LogP contribution is -2.48. The molecule has 1 saturated heterocycles. The molecule has 0 unspecified atom stereocenters. The van der Waals surface area contributed by atoms with E-state index in [9.17, 15) is 14.7 Å². The predicted molar refractivity (Wildman–Crippen MR) is 83.6 cm³/mol. The number of nitrogens with one attached hydrogen (secondary N) is 1. The number of anilines is 1. The van der Waals surface area contributed by atoms with Crippen molar-refractivity contribution in [2.75, 3.05) is 18.4 Å². The van der Waals surface area contributed by atoms with E-state index in [0.29, 0.717) is 18.8 Å². The van der Waals surface area contributed by atoms with Crippen LogP contribution < -0.4 is 5.32 Å². The van der Waals surface area contributed by atoms with E-state index in [0.717, 1.165) is 24.9 Å². The largest absolute Gasteiger partial charge is 0.480 e. The number of hydrogen-bond acceptors (Lipinski definition) is 4. The molecule has 0 aromatic carbocycles. The van der Waals surface area contributed by atoms with Gasteiger partial charge in [-0.3, -0.25) is 14.5 Å². The molecule has 1 amide bonds. The summed E-state index contributed by atoms with van der Waals surface area (Å²) >= 11 is 0. The normalized spacial score (nSPS) is 20.4. The van der Waals surface area contributed by atoms with E-state index >= 15 is 0 Å². The summed E-state index contributed by atoms with van der Waals surface area (Å²) in [6.45, 7) is 5.02. The third-order valence-corrected chi connectivity index (χ3v) is 4.10. The van der Waals surface area contributed by atoms with Gasteiger partial charge in [0.2, 0.25) is 5.91 Å². The first-order valence-corrected chi connectivity index (χ1v) is 7.71. The number of carboxylic acid groups (broad SMARTS) is 1. The number of likely N-dealkylation sites (tertiary alicyclic amines) is 1. The number of aliphatic carboxylic acids is 1. The van der Waals surface area contributed by atoms with Crippen molar-refractivity contribution in [2.24, 2.45) is 5.92 Å². The zero-order valence-electron chi connectivity index (χ0n) is 13.1. The summed E-state index contributed by atoms with van der Waals surface area (Å²) < 4.78 is 0. The second-order valence-electron chi connectivity index (χ2n) is 5.81. The second kappa shape index (κ2) is 7.35. The first-order valence-electron chi connectivity index (χ1n) is 7.71. The topological polar surface area (TPSA) is 82.5 Å². The van der Waals surface area contributed by atoms with Crippen molar-refractivity contribution in [3.05, 3.63) is 23.9 Å². The van der Waals surface area contributed by atoms with Crippen molar-refractivity contribution >= 4 is 17.7 Å². The van der Waals surface area contributed by atoms with Crippen molar-refractivity contribution in [1.29, 1.82) is 0 Å². The molecule has 6 nitrogen and oxygen atoms in total. The van der Waals surface area contributed by atoms with Crippen LogP contribution in [0, 0.1) is 12.8 Å². The molecule has 22 heavy (non-hydrogen) atoms. The van der Waals surface area contributed by atoms with Gasteiger partial charge in [-0.25, -0.2) is 4.98 Å². The average Bonchev–Trinajstić information content (AvgIpc) is 2.50. The minimum atomic E-state index is -0.816. The van der Waals surface area contributed by atoms with Gasteiger partial charge < -0.3 is 10.4 Å². The fourth-order valence-electron chi connectivity index (χ4n) is 2.86. The molecule has 0 saturated carbocycles.